The van der Waals surface area contributed by atoms with Gasteiger partial charge < -0.3 is 10.6 Å². The summed E-state index contributed by atoms with van der Waals surface area (Å²) in [4.78, 5) is 7.93. The second-order valence-electron chi connectivity index (χ2n) is 4.59. The molecule has 5 heteroatoms. The van der Waals surface area contributed by atoms with Gasteiger partial charge in [0.1, 0.15) is 5.84 Å². The number of thiazole rings is 1. The van der Waals surface area contributed by atoms with Gasteiger partial charge in [-0.2, -0.15) is 0 Å². The molecule has 16 heavy (non-hydrogen) atoms. The number of hydrogen-bond donors (Lipinski definition) is 2. The van der Waals surface area contributed by atoms with Gasteiger partial charge in [0, 0.05) is 19.0 Å². The molecule has 1 saturated carbocycles. The van der Waals surface area contributed by atoms with Crippen molar-refractivity contribution < 1.29 is 0 Å². The van der Waals surface area contributed by atoms with Gasteiger partial charge in [-0.05, 0) is 25.7 Å². The zero-order valence-corrected chi connectivity index (χ0v) is 10.0. The van der Waals surface area contributed by atoms with Gasteiger partial charge in [-0.15, -0.1) is 0 Å². The number of amidine groups is 1. The summed E-state index contributed by atoms with van der Waals surface area (Å²) in [5.74, 6) is 0.761. The van der Waals surface area contributed by atoms with E-state index in [1.54, 1.807) is 11.3 Å². The predicted molar refractivity (Wildman–Crippen MR) is 66.6 cm³/mol. The van der Waals surface area contributed by atoms with Crippen molar-refractivity contribution >= 4 is 22.3 Å². The normalized spacial score (nSPS) is 20.4. The van der Waals surface area contributed by atoms with E-state index < -0.39 is 0 Å². The van der Waals surface area contributed by atoms with Crippen LogP contribution in [-0.2, 0) is 0 Å². The van der Waals surface area contributed by atoms with E-state index in [0.29, 0.717) is 5.92 Å². The van der Waals surface area contributed by atoms with Crippen LogP contribution in [-0.4, -0.2) is 23.9 Å². The van der Waals surface area contributed by atoms with E-state index in [0.717, 1.165) is 28.8 Å². The van der Waals surface area contributed by atoms with Crippen molar-refractivity contribution in [2.45, 2.75) is 31.6 Å². The van der Waals surface area contributed by atoms with Crippen LogP contribution >= 0.6 is 11.3 Å². The Kier molecular flexibility index (Phi) is 2.35. The largest absolute Gasteiger partial charge is 0.383 e. The molecule has 1 saturated heterocycles. The maximum absolute atomic E-state index is 7.61. The third kappa shape index (κ3) is 1.69. The molecule has 0 amide bonds. The first-order valence-corrected chi connectivity index (χ1v) is 6.67. The number of nitrogens with zero attached hydrogens (tertiary/aromatic N) is 2. The van der Waals surface area contributed by atoms with E-state index in [-0.39, 0.29) is 5.84 Å². The quantitative estimate of drug-likeness (QED) is 0.622. The Morgan fingerprint density at radius 3 is 2.62 bits per heavy atom. The van der Waals surface area contributed by atoms with Gasteiger partial charge in [-0.3, -0.25) is 5.41 Å². The smallest absolute Gasteiger partial charge is 0.186 e. The molecule has 0 aromatic carbocycles. The highest BCUT2D eigenvalue weighted by Gasteiger charge is 2.31. The Hall–Kier alpha value is -1.10. The number of nitrogens with two attached hydrogens (primary N) is 1. The average Bonchev–Trinajstić information content (AvgIpc) is 2.83. The molecule has 3 rings (SSSR count). The first-order valence-electron chi connectivity index (χ1n) is 5.86. The van der Waals surface area contributed by atoms with Gasteiger partial charge >= 0.3 is 0 Å². The van der Waals surface area contributed by atoms with Gasteiger partial charge in [-0.1, -0.05) is 11.3 Å². The van der Waals surface area contributed by atoms with Crippen molar-refractivity contribution in [3.05, 3.63) is 10.6 Å². The fraction of sp³-hybridized carbons (Fsp3) is 0.636. The highest BCUT2D eigenvalue weighted by molar-refractivity contribution is 7.17. The summed E-state index contributed by atoms with van der Waals surface area (Å²) in [6.45, 7) is 2.21. The highest BCUT2D eigenvalue weighted by atomic mass is 32.1. The third-order valence-corrected chi connectivity index (χ3v) is 4.39. The number of nitrogens with one attached hydrogen (secondary N) is 1. The molecule has 1 aromatic rings. The van der Waals surface area contributed by atoms with Crippen LogP contribution in [0.3, 0.4) is 0 Å². The molecule has 0 spiro atoms. The Morgan fingerprint density at radius 2 is 2.06 bits per heavy atom. The van der Waals surface area contributed by atoms with Gasteiger partial charge in [0.25, 0.3) is 0 Å². The summed E-state index contributed by atoms with van der Waals surface area (Å²) in [6, 6.07) is 0. The lowest BCUT2D eigenvalue weighted by Gasteiger charge is -2.12. The predicted octanol–water partition coefficient (Wildman–Crippen LogP) is 1.90. The zero-order chi connectivity index (χ0) is 11.1. The lowest BCUT2D eigenvalue weighted by molar-refractivity contribution is 0.937. The number of hydrogen-bond acceptors (Lipinski definition) is 4. The Bertz CT molecular complexity index is 416. The van der Waals surface area contributed by atoms with Gasteiger partial charge in [0.2, 0.25) is 0 Å². The van der Waals surface area contributed by atoms with E-state index >= 15 is 0 Å². The maximum atomic E-state index is 7.61. The number of rotatable bonds is 3. The van der Waals surface area contributed by atoms with Crippen molar-refractivity contribution in [2.75, 3.05) is 18.0 Å². The fourth-order valence-corrected chi connectivity index (χ4v) is 3.26. The first-order chi connectivity index (χ1) is 7.75. The maximum Gasteiger partial charge on any atom is 0.186 e. The van der Waals surface area contributed by atoms with Gasteiger partial charge in [0.15, 0.2) is 5.13 Å². The molecule has 3 N–H and O–H groups in total. The van der Waals surface area contributed by atoms with E-state index in [1.165, 1.54) is 25.7 Å². The summed E-state index contributed by atoms with van der Waals surface area (Å²) in [5, 5.41) is 8.68. The molecule has 2 aliphatic rings. The molecule has 0 bridgehead atoms. The summed E-state index contributed by atoms with van der Waals surface area (Å²) in [5.41, 5.74) is 6.71. The molecular formula is C11H16N4S. The second kappa shape index (κ2) is 3.73. The summed E-state index contributed by atoms with van der Waals surface area (Å²) >= 11 is 1.60. The van der Waals surface area contributed by atoms with Crippen LogP contribution in [0.1, 0.15) is 42.2 Å². The third-order valence-electron chi connectivity index (χ3n) is 3.23. The molecule has 0 unspecified atom stereocenters. The average molecular weight is 236 g/mol. The van der Waals surface area contributed by atoms with Crippen molar-refractivity contribution in [3.63, 3.8) is 0 Å². The van der Waals surface area contributed by atoms with E-state index in [9.17, 15) is 0 Å². The van der Waals surface area contributed by atoms with Crippen LogP contribution in [0, 0.1) is 5.41 Å². The topological polar surface area (TPSA) is 66.0 Å². The Balaban J connectivity index is 1.94. The highest BCUT2D eigenvalue weighted by Crippen LogP contribution is 2.44. The minimum atomic E-state index is 0.185. The van der Waals surface area contributed by atoms with E-state index in [2.05, 4.69) is 4.90 Å². The number of anilines is 1. The zero-order valence-electron chi connectivity index (χ0n) is 9.20. The minimum Gasteiger partial charge on any atom is -0.383 e. The molecule has 1 aliphatic carbocycles. The lowest BCUT2D eigenvalue weighted by atomic mass is 10.2. The van der Waals surface area contributed by atoms with Gasteiger partial charge in [-0.25, -0.2) is 4.98 Å². The standard InChI is InChI=1S/C11H16N4S/c12-10(13)9-8(7-3-4-7)14-11(16-9)15-5-1-2-6-15/h7H,1-6H2,(H3,12,13). The Morgan fingerprint density at radius 1 is 1.38 bits per heavy atom. The molecule has 0 radical (unpaired) electrons. The van der Waals surface area contributed by atoms with Crippen molar-refractivity contribution in [1.82, 2.24) is 4.98 Å². The molecule has 86 valence electrons. The molecule has 1 aliphatic heterocycles. The van der Waals surface area contributed by atoms with Crippen LogP contribution in [0.5, 0.6) is 0 Å². The SMILES string of the molecule is N=C(N)c1sc(N2CCCC2)nc1C1CC1. The summed E-state index contributed by atoms with van der Waals surface area (Å²) in [7, 11) is 0. The van der Waals surface area contributed by atoms with Gasteiger partial charge in [0.05, 0.1) is 10.6 Å². The van der Waals surface area contributed by atoms with Crippen molar-refractivity contribution in [1.29, 1.82) is 5.41 Å². The van der Waals surface area contributed by atoms with Crippen molar-refractivity contribution in [2.24, 2.45) is 5.73 Å². The number of nitrogen functional groups attached to an aromatic ring is 1. The van der Waals surface area contributed by atoms with E-state index in [4.69, 9.17) is 16.1 Å². The molecule has 2 fully saturated rings. The monoisotopic (exact) mass is 236 g/mol. The van der Waals surface area contributed by atoms with Crippen LogP contribution in [0.25, 0.3) is 0 Å². The summed E-state index contributed by atoms with van der Waals surface area (Å²) < 4.78 is 0. The van der Waals surface area contributed by atoms with Crippen LogP contribution < -0.4 is 10.6 Å². The molecule has 2 heterocycles. The lowest BCUT2D eigenvalue weighted by Crippen LogP contribution is -2.17. The van der Waals surface area contributed by atoms with Crippen molar-refractivity contribution in [3.8, 4) is 0 Å². The first kappa shape index (κ1) is 10.1. The minimum absolute atomic E-state index is 0.185. The molecular weight excluding hydrogens is 220 g/mol. The van der Waals surface area contributed by atoms with Crippen LogP contribution in [0.2, 0.25) is 0 Å². The Labute approximate surface area is 99.0 Å². The van der Waals surface area contributed by atoms with E-state index in [1.807, 2.05) is 0 Å². The molecule has 1 aromatic heterocycles. The molecule has 0 atom stereocenters. The molecule has 4 nitrogen and oxygen atoms in total. The number of aromatic nitrogens is 1. The van der Waals surface area contributed by atoms with Crippen LogP contribution in [0.15, 0.2) is 0 Å². The fourth-order valence-electron chi connectivity index (χ4n) is 2.19. The summed E-state index contributed by atoms with van der Waals surface area (Å²) in [6.07, 6.45) is 4.94. The second-order valence-corrected chi connectivity index (χ2v) is 5.57. The van der Waals surface area contributed by atoms with Crippen LogP contribution in [0.4, 0.5) is 5.13 Å².